The third-order valence-corrected chi connectivity index (χ3v) is 6.59. The maximum atomic E-state index is 12.8. The number of carbonyl (C=O) groups is 1. The molecule has 1 N–H and O–H groups in total. The van der Waals surface area contributed by atoms with Crippen LogP contribution in [0.5, 0.6) is 5.75 Å². The molecular weight excluding hydrogens is 434 g/mol. The van der Waals surface area contributed by atoms with Crippen LogP contribution in [0.1, 0.15) is 43.3 Å². The maximum Gasteiger partial charge on any atom is 0.233 e. The Morgan fingerprint density at radius 3 is 2.39 bits per heavy atom. The van der Waals surface area contributed by atoms with Crippen molar-refractivity contribution in [1.29, 1.82) is 0 Å². The van der Waals surface area contributed by atoms with E-state index in [-0.39, 0.29) is 17.2 Å². The Balaban J connectivity index is 1.73. The lowest BCUT2D eigenvalue weighted by atomic mass is 10.2. The number of hydrogen-bond donors (Lipinski definition) is 1. The van der Waals surface area contributed by atoms with Crippen LogP contribution >= 0.6 is 11.8 Å². The highest BCUT2D eigenvalue weighted by Gasteiger charge is 2.25. The summed E-state index contributed by atoms with van der Waals surface area (Å²) in [4.78, 5) is 15.0. The summed E-state index contributed by atoms with van der Waals surface area (Å²) in [6, 6.07) is 18.1. The molecule has 2 unspecified atom stereocenters. The van der Waals surface area contributed by atoms with Crippen molar-refractivity contribution in [3.8, 4) is 5.75 Å². The summed E-state index contributed by atoms with van der Waals surface area (Å²) >= 11 is 1.44. The number of aromatic nitrogens is 3. The van der Waals surface area contributed by atoms with Gasteiger partial charge in [-0.15, -0.1) is 10.2 Å². The molecule has 0 saturated carbocycles. The van der Waals surface area contributed by atoms with Crippen molar-refractivity contribution in [3.63, 3.8) is 0 Å². The van der Waals surface area contributed by atoms with Gasteiger partial charge in [-0.05, 0) is 50.7 Å². The molecule has 1 heterocycles. The smallest absolute Gasteiger partial charge is 0.233 e. The molecule has 0 radical (unpaired) electrons. The van der Waals surface area contributed by atoms with Gasteiger partial charge < -0.3 is 14.6 Å². The molecule has 0 fully saturated rings. The number of thioether (sulfide) groups is 1. The van der Waals surface area contributed by atoms with Gasteiger partial charge in [0.25, 0.3) is 0 Å². The Morgan fingerprint density at radius 2 is 1.79 bits per heavy atom. The fourth-order valence-corrected chi connectivity index (χ4v) is 4.49. The lowest BCUT2D eigenvalue weighted by Gasteiger charge is -2.23. The molecule has 176 valence electrons. The van der Waals surface area contributed by atoms with E-state index in [0.717, 1.165) is 28.7 Å². The van der Waals surface area contributed by atoms with Crippen molar-refractivity contribution >= 4 is 17.7 Å². The topological polar surface area (TPSA) is 72.3 Å². The Hall–Kier alpha value is -2.84. The highest BCUT2D eigenvalue weighted by Crippen LogP contribution is 2.28. The molecule has 0 aliphatic rings. The zero-order valence-electron chi connectivity index (χ0n) is 20.0. The number of hydrogen-bond acceptors (Lipinski definition) is 6. The normalized spacial score (nSPS) is 13.0. The van der Waals surface area contributed by atoms with E-state index in [1.807, 2.05) is 49.4 Å². The highest BCUT2D eigenvalue weighted by atomic mass is 32.2. The van der Waals surface area contributed by atoms with Gasteiger partial charge in [-0.25, -0.2) is 0 Å². The molecule has 2 aromatic carbocycles. The minimum atomic E-state index is -0.311. The summed E-state index contributed by atoms with van der Waals surface area (Å²) in [5, 5.41) is 12.5. The van der Waals surface area contributed by atoms with E-state index in [2.05, 4.69) is 58.1 Å². The number of methoxy groups -OCH3 is 1. The van der Waals surface area contributed by atoms with Gasteiger partial charge in [0.1, 0.15) is 5.75 Å². The molecule has 0 bridgehead atoms. The molecule has 0 saturated heterocycles. The summed E-state index contributed by atoms with van der Waals surface area (Å²) in [6.45, 7) is 5.18. The second-order valence-electron chi connectivity index (χ2n) is 8.13. The number of nitrogens with one attached hydrogen (secondary N) is 1. The number of nitrogens with zero attached hydrogens (tertiary/aromatic N) is 4. The first kappa shape index (κ1) is 24.8. The second kappa shape index (κ2) is 11.9. The number of rotatable bonds is 11. The first-order valence-electron chi connectivity index (χ1n) is 11.1. The van der Waals surface area contributed by atoms with Crippen LogP contribution in [-0.2, 0) is 17.9 Å². The van der Waals surface area contributed by atoms with E-state index in [1.165, 1.54) is 17.3 Å². The van der Waals surface area contributed by atoms with Crippen LogP contribution in [0.4, 0.5) is 0 Å². The zero-order valence-corrected chi connectivity index (χ0v) is 20.8. The van der Waals surface area contributed by atoms with Crippen molar-refractivity contribution in [2.24, 2.45) is 0 Å². The molecule has 7 nitrogen and oxygen atoms in total. The number of amides is 1. The summed E-state index contributed by atoms with van der Waals surface area (Å²) in [5.41, 5.74) is 2.19. The molecule has 0 aliphatic heterocycles. The van der Waals surface area contributed by atoms with Crippen molar-refractivity contribution in [3.05, 3.63) is 71.5 Å². The van der Waals surface area contributed by atoms with Gasteiger partial charge in [0, 0.05) is 6.54 Å². The quantitative estimate of drug-likeness (QED) is 0.427. The SMILES string of the molecule is CCC(c1nnc(SC(C)C(=O)NCc2ccc(OC)cc2)n1Cc1ccccc1)N(C)C. The Kier molecular flexibility index (Phi) is 8.91. The van der Waals surface area contributed by atoms with Crippen molar-refractivity contribution in [2.45, 2.75) is 49.8 Å². The Labute approximate surface area is 200 Å². The predicted octanol–water partition coefficient (Wildman–Crippen LogP) is 4.14. The summed E-state index contributed by atoms with van der Waals surface area (Å²) in [6.07, 6.45) is 0.919. The van der Waals surface area contributed by atoms with Crippen molar-refractivity contribution in [2.75, 3.05) is 21.2 Å². The van der Waals surface area contributed by atoms with Crippen LogP contribution in [0, 0.1) is 0 Å². The van der Waals surface area contributed by atoms with Crippen LogP contribution < -0.4 is 10.1 Å². The van der Waals surface area contributed by atoms with Crippen molar-refractivity contribution < 1.29 is 9.53 Å². The fourth-order valence-electron chi connectivity index (χ4n) is 3.61. The molecule has 0 aliphatic carbocycles. The maximum absolute atomic E-state index is 12.8. The molecule has 33 heavy (non-hydrogen) atoms. The molecule has 3 rings (SSSR count). The van der Waals surface area contributed by atoms with E-state index in [4.69, 9.17) is 4.74 Å². The Bertz CT molecular complexity index is 1020. The minimum Gasteiger partial charge on any atom is -0.497 e. The van der Waals surface area contributed by atoms with Gasteiger partial charge in [0.05, 0.1) is 24.9 Å². The van der Waals surface area contributed by atoms with Gasteiger partial charge in [-0.1, -0.05) is 61.2 Å². The van der Waals surface area contributed by atoms with E-state index < -0.39 is 0 Å². The molecule has 1 aromatic heterocycles. The minimum absolute atomic E-state index is 0.0359. The lowest BCUT2D eigenvalue weighted by molar-refractivity contribution is -0.120. The highest BCUT2D eigenvalue weighted by molar-refractivity contribution is 8.00. The zero-order chi connectivity index (χ0) is 23.8. The summed E-state index contributed by atoms with van der Waals surface area (Å²) in [5.74, 6) is 1.68. The average Bonchev–Trinajstić information content (AvgIpc) is 3.20. The van der Waals surface area contributed by atoms with E-state index in [0.29, 0.717) is 13.1 Å². The van der Waals surface area contributed by atoms with Crippen LogP contribution in [0.3, 0.4) is 0 Å². The third kappa shape index (κ3) is 6.58. The van der Waals surface area contributed by atoms with E-state index in [9.17, 15) is 4.79 Å². The summed E-state index contributed by atoms with van der Waals surface area (Å²) < 4.78 is 7.33. The standard InChI is InChI=1S/C25H33N5O2S/c1-6-22(29(3)4)23-27-28-25(30(23)17-20-10-8-7-9-11-20)33-18(2)24(31)26-16-19-12-14-21(32-5)15-13-19/h7-15,18,22H,6,16-17H2,1-5H3,(H,26,31). The first-order valence-corrected chi connectivity index (χ1v) is 12.0. The largest absolute Gasteiger partial charge is 0.497 e. The molecular formula is C25H33N5O2S. The molecule has 3 aromatic rings. The summed E-state index contributed by atoms with van der Waals surface area (Å²) in [7, 11) is 5.74. The average molecular weight is 468 g/mol. The Morgan fingerprint density at radius 1 is 1.09 bits per heavy atom. The van der Waals surface area contributed by atoms with Gasteiger partial charge in [0.15, 0.2) is 11.0 Å². The van der Waals surface area contributed by atoms with Crippen LogP contribution in [0.15, 0.2) is 59.8 Å². The number of ether oxygens (including phenoxy) is 1. The third-order valence-electron chi connectivity index (χ3n) is 5.51. The van der Waals surface area contributed by atoms with E-state index in [1.54, 1.807) is 7.11 Å². The van der Waals surface area contributed by atoms with Gasteiger partial charge in [-0.3, -0.25) is 9.69 Å². The lowest BCUT2D eigenvalue weighted by Crippen LogP contribution is -2.30. The number of carbonyl (C=O) groups excluding carboxylic acids is 1. The molecule has 2 atom stereocenters. The van der Waals surface area contributed by atoms with Crippen LogP contribution in [-0.4, -0.2) is 52.0 Å². The number of benzene rings is 2. The first-order chi connectivity index (χ1) is 15.9. The molecule has 1 amide bonds. The fraction of sp³-hybridized carbons (Fsp3) is 0.400. The molecule has 8 heteroatoms. The van der Waals surface area contributed by atoms with E-state index >= 15 is 0 Å². The second-order valence-corrected chi connectivity index (χ2v) is 9.43. The van der Waals surface area contributed by atoms with Gasteiger partial charge in [-0.2, -0.15) is 0 Å². The van der Waals surface area contributed by atoms with Crippen LogP contribution in [0.2, 0.25) is 0 Å². The molecule has 0 spiro atoms. The predicted molar refractivity (Wildman–Crippen MR) is 132 cm³/mol. The van der Waals surface area contributed by atoms with Crippen LogP contribution in [0.25, 0.3) is 0 Å². The monoisotopic (exact) mass is 467 g/mol. The van der Waals surface area contributed by atoms with Gasteiger partial charge >= 0.3 is 0 Å². The van der Waals surface area contributed by atoms with Crippen molar-refractivity contribution in [1.82, 2.24) is 25.0 Å². The van der Waals surface area contributed by atoms with Gasteiger partial charge in [0.2, 0.25) is 5.91 Å².